The van der Waals surface area contributed by atoms with Crippen LogP contribution in [0.5, 0.6) is 0 Å². The molecule has 2 aromatic carbocycles. The Labute approximate surface area is 196 Å². The lowest BCUT2D eigenvalue weighted by Gasteiger charge is -2.20. The van der Waals surface area contributed by atoms with Gasteiger partial charge in [-0.25, -0.2) is 4.39 Å². The molecule has 0 aliphatic carbocycles. The lowest BCUT2D eigenvalue weighted by molar-refractivity contribution is -0.117. The third kappa shape index (κ3) is 4.99. The minimum absolute atomic E-state index is 0.0338. The van der Waals surface area contributed by atoms with Crippen molar-refractivity contribution in [3.63, 3.8) is 0 Å². The van der Waals surface area contributed by atoms with E-state index in [9.17, 15) is 14.0 Å². The molecule has 0 N–H and O–H groups in total. The average molecular weight is 468 g/mol. The van der Waals surface area contributed by atoms with Crippen LogP contribution in [0, 0.1) is 5.82 Å². The van der Waals surface area contributed by atoms with Gasteiger partial charge in [0, 0.05) is 29.9 Å². The Morgan fingerprint density at radius 1 is 1.09 bits per heavy atom. The number of rotatable bonds is 8. The van der Waals surface area contributed by atoms with Crippen LogP contribution in [-0.4, -0.2) is 57.7 Å². The molecule has 0 saturated carbocycles. The third-order valence-electron chi connectivity index (χ3n) is 5.80. The molecule has 1 saturated heterocycles. The number of hydrogen-bond donors (Lipinski definition) is 0. The number of amides is 1. The van der Waals surface area contributed by atoms with Crippen LogP contribution in [0.2, 0.25) is 0 Å². The zero-order chi connectivity index (χ0) is 23.5. The summed E-state index contributed by atoms with van der Waals surface area (Å²) >= 11 is 1.29. The van der Waals surface area contributed by atoms with Gasteiger partial charge in [0.1, 0.15) is 5.82 Å². The fourth-order valence-corrected chi connectivity index (χ4v) is 4.52. The normalized spacial score (nSPS) is 14.8. The number of carbonyl (C=O) groups excluding carboxylic acids is 2. The van der Waals surface area contributed by atoms with Crippen molar-refractivity contribution in [2.45, 2.75) is 31.0 Å². The van der Waals surface area contributed by atoms with E-state index in [1.807, 2.05) is 42.6 Å². The van der Waals surface area contributed by atoms with E-state index in [1.165, 1.54) is 23.9 Å². The molecule has 1 fully saturated rings. The number of ketones is 1. The maximum absolute atomic E-state index is 13.5. The number of nitrogens with zero attached hydrogens (tertiary/aromatic N) is 5. The molecule has 1 unspecified atom stereocenters. The number of aromatic nitrogens is 3. The molecule has 1 atom stereocenters. The van der Waals surface area contributed by atoms with Crippen LogP contribution in [0.15, 0.2) is 53.7 Å². The molecule has 172 valence electrons. The van der Waals surface area contributed by atoms with Gasteiger partial charge in [0.15, 0.2) is 16.8 Å². The fourth-order valence-electron chi connectivity index (χ4n) is 3.67. The van der Waals surface area contributed by atoms with Crippen molar-refractivity contribution >= 4 is 29.1 Å². The first kappa shape index (κ1) is 23.1. The van der Waals surface area contributed by atoms with Crippen LogP contribution in [-0.2, 0) is 4.79 Å². The van der Waals surface area contributed by atoms with Gasteiger partial charge in [-0.15, -0.1) is 10.2 Å². The number of halogens is 1. The Morgan fingerprint density at radius 2 is 1.76 bits per heavy atom. The molecular weight excluding hydrogens is 441 g/mol. The predicted molar refractivity (Wildman–Crippen MR) is 127 cm³/mol. The standard InChI is InChI=1S/C24H26FN5O2S/c1-16(28(2)3)23-26-27-24(30(23)20-12-8-18(25)9-13-20)33-15-21(31)17-6-10-19(11-7-17)29-14-4-5-22(29)32/h6-13,16H,4-5,14-15H2,1-3H3. The monoisotopic (exact) mass is 467 g/mol. The SMILES string of the molecule is CC(c1nnc(SCC(=O)c2ccc(N3CCCC3=O)cc2)n1-c1ccc(F)cc1)N(C)C. The van der Waals surface area contributed by atoms with Crippen molar-refractivity contribution in [3.8, 4) is 5.69 Å². The maximum Gasteiger partial charge on any atom is 0.227 e. The minimum atomic E-state index is -0.322. The van der Waals surface area contributed by atoms with E-state index in [4.69, 9.17) is 0 Å². The third-order valence-corrected chi connectivity index (χ3v) is 6.73. The van der Waals surface area contributed by atoms with Crippen LogP contribution >= 0.6 is 11.8 Å². The molecule has 0 bridgehead atoms. The van der Waals surface area contributed by atoms with Gasteiger partial charge >= 0.3 is 0 Å². The Bertz CT molecular complexity index is 1140. The van der Waals surface area contributed by atoms with E-state index in [2.05, 4.69) is 10.2 Å². The summed E-state index contributed by atoms with van der Waals surface area (Å²) in [5, 5.41) is 9.24. The quantitative estimate of drug-likeness (QED) is 0.366. The summed E-state index contributed by atoms with van der Waals surface area (Å²) in [5.74, 6) is 0.638. The van der Waals surface area contributed by atoms with E-state index < -0.39 is 0 Å². The first-order valence-corrected chi connectivity index (χ1v) is 11.8. The lowest BCUT2D eigenvalue weighted by Crippen LogP contribution is -2.23. The number of benzene rings is 2. The number of hydrogen-bond acceptors (Lipinski definition) is 6. The summed E-state index contributed by atoms with van der Waals surface area (Å²) in [4.78, 5) is 28.5. The van der Waals surface area contributed by atoms with E-state index in [1.54, 1.807) is 29.2 Å². The van der Waals surface area contributed by atoms with Crippen molar-refractivity contribution in [2.75, 3.05) is 31.3 Å². The van der Waals surface area contributed by atoms with Gasteiger partial charge in [0.05, 0.1) is 11.8 Å². The average Bonchev–Trinajstić information content (AvgIpc) is 3.43. The number of carbonyl (C=O) groups is 2. The lowest BCUT2D eigenvalue weighted by atomic mass is 10.1. The van der Waals surface area contributed by atoms with Crippen molar-refractivity contribution in [2.24, 2.45) is 0 Å². The topological polar surface area (TPSA) is 71.3 Å². The molecule has 0 radical (unpaired) electrons. The summed E-state index contributed by atoms with van der Waals surface area (Å²) in [5.41, 5.74) is 2.13. The highest BCUT2D eigenvalue weighted by atomic mass is 32.2. The summed E-state index contributed by atoms with van der Waals surface area (Å²) in [6.07, 6.45) is 1.43. The van der Waals surface area contributed by atoms with E-state index >= 15 is 0 Å². The van der Waals surface area contributed by atoms with Gasteiger partial charge in [0.2, 0.25) is 5.91 Å². The van der Waals surface area contributed by atoms with Crippen LogP contribution in [0.4, 0.5) is 10.1 Å². The first-order chi connectivity index (χ1) is 15.8. The smallest absolute Gasteiger partial charge is 0.227 e. The fraction of sp³-hybridized carbons (Fsp3) is 0.333. The zero-order valence-corrected chi connectivity index (χ0v) is 19.7. The molecule has 33 heavy (non-hydrogen) atoms. The molecular formula is C24H26FN5O2S. The van der Waals surface area contributed by atoms with E-state index in [0.29, 0.717) is 29.5 Å². The van der Waals surface area contributed by atoms with Crippen molar-refractivity contribution in [1.29, 1.82) is 0 Å². The number of thioether (sulfide) groups is 1. The molecule has 3 aromatic rings. The largest absolute Gasteiger partial charge is 0.312 e. The van der Waals surface area contributed by atoms with E-state index in [-0.39, 0.29) is 29.3 Å². The first-order valence-electron chi connectivity index (χ1n) is 10.8. The van der Waals surface area contributed by atoms with Gasteiger partial charge < -0.3 is 4.90 Å². The summed E-state index contributed by atoms with van der Waals surface area (Å²) in [6, 6.07) is 13.3. The Hall–Kier alpha value is -3.04. The van der Waals surface area contributed by atoms with Crippen molar-refractivity contribution in [1.82, 2.24) is 19.7 Å². The van der Waals surface area contributed by atoms with Crippen molar-refractivity contribution in [3.05, 3.63) is 65.7 Å². The highest BCUT2D eigenvalue weighted by molar-refractivity contribution is 7.99. The second-order valence-electron chi connectivity index (χ2n) is 8.20. The Balaban J connectivity index is 1.52. The summed E-state index contributed by atoms with van der Waals surface area (Å²) in [6.45, 7) is 2.73. The highest BCUT2D eigenvalue weighted by Gasteiger charge is 2.23. The Kier molecular flexibility index (Phi) is 6.90. The molecule has 1 aromatic heterocycles. The molecule has 1 aliphatic rings. The molecule has 4 rings (SSSR count). The van der Waals surface area contributed by atoms with Crippen LogP contribution in [0.1, 0.15) is 42.0 Å². The molecule has 1 aliphatic heterocycles. The summed E-state index contributed by atoms with van der Waals surface area (Å²) in [7, 11) is 3.90. The Morgan fingerprint density at radius 3 is 2.36 bits per heavy atom. The molecule has 1 amide bonds. The molecule has 7 nitrogen and oxygen atoms in total. The number of Topliss-reactive ketones (excluding diaryl/α,β-unsaturated/α-hetero) is 1. The summed E-state index contributed by atoms with van der Waals surface area (Å²) < 4.78 is 15.4. The van der Waals surface area contributed by atoms with E-state index in [0.717, 1.165) is 17.8 Å². The second kappa shape index (κ2) is 9.84. The minimum Gasteiger partial charge on any atom is -0.312 e. The van der Waals surface area contributed by atoms with Crippen LogP contribution in [0.3, 0.4) is 0 Å². The van der Waals surface area contributed by atoms with Gasteiger partial charge in [-0.05, 0) is 76.0 Å². The molecule has 2 heterocycles. The number of anilines is 1. The van der Waals surface area contributed by atoms with Crippen molar-refractivity contribution < 1.29 is 14.0 Å². The van der Waals surface area contributed by atoms with Gasteiger partial charge in [0.25, 0.3) is 0 Å². The van der Waals surface area contributed by atoms with Gasteiger partial charge in [-0.2, -0.15) is 0 Å². The molecule has 0 spiro atoms. The van der Waals surface area contributed by atoms with Gasteiger partial charge in [-0.3, -0.25) is 19.1 Å². The van der Waals surface area contributed by atoms with Gasteiger partial charge in [-0.1, -0.05) is 11.8 Å². The second-order valence-corrected chi connectivity index (χ2v) is 9.14. The van der Waals surface area contributed by atoms with Crippen LogP contribution in [0.25, 0.3) is 5.69 Å². The maximum atomic E-state index is 13.5. The predicted octanol–water partition coefficient (Wildman–Crippen LogP) is 4.13. The highest BCUT2D eigenvalue weighted by Crippen LogP contribution is 2.28. The molecule has 9 heteroatoms. The zero-order valence-electron chi connectivity index (χ0n) is 18.9. The van der Waals surface area contributed by atoms with Crippen LogP contribution < -0.4 is 4.90 Å².